The summed E-state index contributed by atoms with van der Waals surface area (Å²) in [4.78, 5) is 21.3. The molecule has 3 aromatic rings. The van der Waals surface area contributed by atoms with Crippen molar-refractivity contribution in [3.8, 4) is 5.75 Å². The van der Waals surface area contributed by atoms with Crippen LogP contribution in [-0.4, -0.2) is 20.8 Å². The molecular weight excluding hydrogens is 346 g/mol. The molecule has 0 bridgehead atoms. The van der Waals surface area contributed by atoms with Crippen LogP contribution in [0, 0.1) is 13.8 Å². The van der Waals surface area contributed by atoms with Crippen LogP contribution in [0.15, 0.2) is 58.7 Å². The molecule has 0 N–H and O–H groups in total. The van der Waals surface area contributed by atoms with Gasteiger partial charge in [0, 0.05) is 23.7 Å². The van der Waals surface area contributed by atoms with E-state index in [1.54, 1.807) is 23.9 Å². The first-order chi connectivity index (χ1) is 12.6. The molecule has 0 amide bonds. The molecule has 6 heteroatoms. The second-order valence-corrected chi connectivity index (χ2v) is 6.79. The largest absolute Gasteiger partial charge is 0.488 e. The van der Waals surface area contributed by atoms with Crippen molar-refractivity contribution in [2.45, 2.75) is 32.2 Å². The molecule has 26 heavy (non-hydrogen) atoms. The lowest BCUT2D eigenvalue weighted by Gasteiger charge is -2.15. The van der Waals surface area contributed by atoms with Gasteiger partial charge in [-0.2, -0.15) is 0 Å². The maximum Gasteiger partial charge on any atom is 0.257 e. The Hall–Kier alpha value is -2.60. The van der Waals surface area contributed by atoms with Crippen LogP contribution in [0.5, 0.6) is 5.75 Å². The van der Waals surface area contributed by atoms with Crippen molar-refractivity contribution in [2.24, 2.45) is 0 Å². The van der Waals surface area contributed by atoms with Gasteiger partial charge in [-0.1, -0.05) is 42.1 Å². The number of nitrogens with zero attached hydrogens (tertiary/aromatic N) is 3. The van der Waals surface area contributed by atoms with Gasteiger partial charge < -0.3 is 9.30 Å². The van der Waals surface area contributed by atoms with E-state index in [1.165, 1.54) is 11.8 Å². The van der Waals surface area contributed by atoms with Gasteiger partial charge in [-0.15, -0.1) is 0 Å². The zero-order valence-electron chi connectivity index (χ0n) is 15.1. The van der Waals surface area contributed by atoms with Crippen molar-refractivity contribution in [1.82, 2.24) is 14.5 Å². The van der Waals surface area contributed by atoms with Crippen LogP contribution >= 0.6 is 11.8 Å². The minimum atomic E-state index is -0.0537. The minimum Gasteiger partial charge on any atom is -0.488 e. The van der Waals surface area contributed by atoms with Crippen LogP contribution in [0.4, 0.5) is 0 Å². The summed E-state index contributed by atoms with van der Waals surface area (Å²) >= 11 is 1.49. The zero-order chi connectivity index (χ0) is 18.5. The van der Waals surface area contributed by atoms with E-state index in [9.17, 15) is 4.79 Å². The van der Waals surface area contributed by atoms with Crippen LogP contribution in [0.2, 0.25) is 0 Å². The minimum absolute atomic E-state index is 0.0537. The number of aromatic nitrogens is 3. The number of benzene rings is 1. The molecule has 0 unspecified atom stereocenters. The Bertz CT molecular complexity index is 938. The van der Waals surface area contributed by atoms with Crippen LogP contribution in [0.1, 0.15) is 22.4 Å². The third-order valence-corrected chi connectivity index (χ3v) is 4.72. The van der Waals surface area contributed by atoms with Gasteiger partial charge in [0.1, 0.15) is 12.4 Å². The lowest BCUT2D eigenvalue weighted by molar-refractivity contribution is 0.302. The Balaban J connectivity index is 1.81. The van der Waals surface area contributed by atoms with Crippen molar-refractivity contribution < 1.29 is 4.74 Å². The van der Waals surface area contributed by atoms with Gasteiger partial charge >= 0.3 is 0 Å². The Labute approximate surface area is 157 Å². The molecule has 0 aliphatic heterocycles. The molecule has 1 aromatic carbocycles. The predicted octanol–water partition coefficient (Wildman–Crippen LogP) is 3.60. The topological polar surface area (TPSA) is 57.0 Å². The average molecular weight is 367 g/mol. The number of hydrogen-bond donors (Lipinski definition) is 0. The maximum absolute atomic E-state index is 12.8. The van der Waals surface area contributed by atoms with Crippen molar-refractivity contribution in [2.75, 3.05) is 6.26 Å². The molecule has 0 saturated heterocycles. The van der Waals surface area contributed by atoms with Gasteiger partial charge in [0.25, 0.3) is 5.56 Å². The number of thioether (sulfide) groups is 1. The Morgan fingerprint density at radius 2 is 1.77 bits per heavy atom. The fraction of sp³-hybridized carbons (Fsp3) is 0.250. The summed E-state index contributed by atoms with van der Waals surface area (Å²) in [6.07, 6.45) is 5.46. The summed E-state index contributed by atoms with van der Waals surface area (Å²) in [5.41, 5.74) is 3.36. The normalized spacial score (nSPS) is 10.7. The molecule has 0 aliphatic rings. The number of ether oxygens (including phenoxy) is 1. The molecule has 134 valence electrons. The monoisotopic (exact) mass is 367 g/mol. The van der Waals surface area contributed by atoms with E-state index in [0.29, 0.717) is 24.5 Å². The highest BCUT2D eigenvalue weighted by Crippen LogP contribution is 2.18. The Morgan fingerprint density at radius 1 is 1.08 bits per heavy atom. The van der Waals surface area contributed by atoms with Crippen molar-refractivity contribution >= 4 is 11.8 Å². The van der Waals surface area contributed by atoms with E-state index >= 15 is 0 Å². The summed E-state index contributed by atoms with van der Waals surface area (Å²) in [5, 5.41) is 0.721. The van der Waals surface area contributed by atoms with Crippen LogP contribution in [0.3, 0.4) is 0 Å². The summed E-state index contributed by atoms with van der Waals surface area (Å²) < 4.78 is 7.60. The second-order valence-electron chi connectivity index (χ2n) is 6.02. The van der Waals surface area contributed by atoms with E-state index in [2.05, 4.69) is 9.97 Å². The molecule has 0 fully saturated rings. The van der Waals surface area contributed by atoms with Crippen molar-refractivity contribution in [1.29, 1.82) is 0 Å². The maximum atomic E-state index is 12.8. The highest BCUT2D eigenvalue weighted by Gasteiger charge is 2.11. The molecule has 0 aliphatic carbocycles. The lowest BCUT2D eigenvalue weighted by Crippen LogP contribution is -2.25. The lowest BCUT2D eigenvalue weighted by atomic mass is 10.2. The van der Waals surface area contributed by atoms with Gasteiger partial charge in [0.2, 0.25) is 0 Å². The number of hydrogen-bond acceptors (Lipinski definition) is 5. The van der Waals surface area contributed by atoms with Gasteiger partial charge in [-0.25, -0.2) is 9.97 Å². The number of aryl methyl sites for hydroxylation is 1. The fourth-order valence-corrected chi connectivity index (χ4v) is 2.95. The van der Waals surface area contributed by atoms with E-state index in [4.69, 9.17) is 4.74 Å². The second kappa shape index (κ2) is 8.19. The van der Waals surface area contributed by atoms with Gasteiger partial charge in [-0.05, 0) is 31.7 Å². The molecule has 0 saturated carbocycles. The van der Waals surface area contributed by atoms with E-state index in [0.717, 1.165) is 22.0 Å². The third-order valence-electron chi connectivity index (χ3n) is 4.14. The van der Waals surface area contributed by atoms with Crippen LogP contribution in [0.25, 0.3) is 0 Å². The first-order valence-electron chi connectivity index (χ1n) is 8.31. The summed E-state index contributed by atoms with van der Waals surface area (Å²) in [7, 11) is 0. The fourth-order valence-electron chi connectivity index (χ4n) is 2.64. The Kier molecular flexibility index (Phi) is 5.73. The molecule has 5 nitrogen and oxygen atoms in total. The van der Waals surface area contributed by atoms with Gasteiger partial charge in [0.05, 0.1) is 12.1 Å². The van der Waals surface area contributed by atoms with Crippen LogP contribution in [-0.2, 0) is 13.2 Å². The molecule has 2 aromatic heterocycles. The highest BCUT2D eigenvalue weighted by molar-refractivity contribution is 7.98. The van der Waals surface area contributed by atoms with E-state index in [1.807, 2.05) is 49.6 Å². The number of rotatable bonds is 6. The predicted molar refractivity (Wildman–Crippen MR) is 104 cm³/mol. The molecule has 3 rings (SSSR count). The standard InChI is InChI=1S/C20H21N3O2S/c1-14-9-18(25-13-16-7-5-4-6-8-16)15(2)19(24)23(14)12-17-10-21-20(26-3)22-11-17/h4-11H,12-13H2,1-3H3. The Morgan fingerprint density at radius 3 is 2.42 bits per heavy atom. The highest BCUT2D eigenvalue weighted by atomic mass is 32.2. The van der Waals surface area contributed by atoms with Crippen molar-refractivity contribution in [3.63, 3.8) is 0 Å². The van der Waals surface area contributed by atoms with Crippen LogP contribution < -0.4 is 10.3 Å². The summed E-state index contributed by atoms with van der Waals surface area (Å²) in [6, 6.07) is 11.8. The molecule has 0 atom stereocenters. The van der Waals surface area contributed by atoms with E-state index < -0.39 is 0 Å². The first kappa shape index (κ1) is 18.2. The zero-order valence-corrected chi connectivity index (χ0v) is 15.9. The number of pyridine rings is 1. The third kappa shape index (κ3) is 4.14. The molecule has 2 heterocycles. The van der Waals surface area contributed by atoms with E-state index in [-0.39, 0.29) is 5.56 Å². The van der Waals surface area contributed by atoms with Gasteiger partial charge in [0.15, 0.2) is 5.16 Å². The van der Waals surface area contributed by atoms with Gasteiger partial charge in [-0.3, -0.25) is 4.79 Å². The first-order valence-corrected chi connectivity index (χ1v) is 9.53. The molecule has 0 spiro atoms. The quantitative estimate of drug-likeness (QED) is 0.492. The molecular formula is C20H21N3O2S. The smallest absolute Gasteiger partial charge is 0.257 e. The van der Waals surface area contributed by atoms with Crippen molar-refractivity contribution in [3.05, 3.63) is 81.5 Å². The molecule has 0 radical (unpaired) electrons. The SMILES string of the molecule is CSc1ncc(Cn2c(C)cc(OCc3ccccc3)c(C)c2=O)cn1. The summed E-state index contributed by atoms with van der Waals surface area (Å²) in [5.74, 6) is 0.626. The summed E-state index contributed by atoms with van der Waals surface area (Å²) in [6.45, 7) is 4.59. The average Bonchev–Trinajstić information content (AvgIpc) is 2.68.